The van der Waals surface area contributed by atoms with Gasteiger partial charge in [0.1, 0.15) is 16.4 Å². The molecular weight excluding hydrogens is 428 g/mol. The van der Waals surface area contributed by atoms with Crippen LogP contribution in [0.3, 0.4) is 0 Å². The Labute approximate surface area is 178 Å². The van der Waals surface area contributed by atoms with Gasteiger partial charge in [0.2, 0.25) is 5.91 Å². The van der Waals surface area contributed by atoms with Crippen molar-refractivity contribution in [2.24, 2.45) is 5.92 Å². The normalized spacial score (nSPS) is 14.7. The van der Waals surface area contributed by atoms with Crippen LogP contribution in [0, 0.1) is 5.92 Å². The Kier molecular flexibility index (Phi) is 6.27. The Balaban J connectivity index is 1.83. The number of benzene rings is 1. The molecule has 1 aromatic heterocycles. The van der Waals surface area contributed by atoms with Crippen LogP contribution >= 0.6 is 11.3 Å². The largest absolute Gasteiger partial charge is 0.462 e. The van der Waals surface area contributed by atoms with E-state index in [-0.39, 0.29) is 33.5 Å². The van der Waals surface area contributed by atoms with E-state index in [1.54, 1.807) is 18.4 Å². The molecule has 1 N–H and O–H groups in total. The van der Waals surface area contributed by atoms with Gasteiger partial charge < -0.3 is 10.1 Å². The van der Waals surface area contributed by atoms with E-state index in [1.165, 1.54) is 18.2 Å². The smallest absolute Gasteiger partial charge is 0.341 e. The first kappa shape index (κ1) is 22.0. The summed E-state index contributed by atoms with van der Waals surface area (Å²) in [4.78, 5) is 37.4. The molecule has 0 radical (unpaired) electrons. The van der Waals surface area contributed by atoms with E-state index in [2.05, 4.69) is 5.32 Å². The first-order chi connectivity index (χ1) is 14.2. The van der Waals surface area contributed by atoms with Crippen molar-refractivity contribution in [2.45, 2.75) is 32.1 Å². The highest BCUT2D eigenvalue weighted by molar-refractivity contribution is 7.90. The monoisotopic (exact) mass is 450 g/mol. The average molecular weight is 451 g/mol. The van der Waals surface area contributed by atoms with E-state index in [0.29, 0.717) is 10.7 Å². The molecule has 2 heterocycles. The number of carbonyl (C=O) groups is 3. The molecule has 3 rings (SSSR count). The van der Waals surface area contributed by atoms with Crippen molar-refractivity contribution in [2.75, 3.05) is 18.5 Å². The number of esters is 1. The molecule has 1 aliphatic heterocycles. The zero-order valence-electron chi connectivity index (χ0n) is 16.8. The predicted octanol–water partition coefficient (Wildman–Crippen LogP) is 2.91. The number of anilines is 1. The first-order valence-corrected chi connectivity index (χ1v) is 11.7. The molecule has 2 amide bonds. The van der Waals surface area contributed by atoms with Crippen LogP contribution < -0.4 is 5.32 Å². The number of rotatable bonds is 7. The standard InChI is InChI=1S/C20H22N2O6S2/c1-4-28-20(25)17-13(9-12(2)3)11-29-18(17)21-16(23)10-22-19(24)14-7-5-6-8-15(14)30(22,26)27/h5-8,11-12H,4,9-10H2,1-3H3,(H,21,23). The molecule has 0 spiro atoms. The number of ether oxygens (including phenoxy) is 1. The molecule has 0 aliphatic carbocycles. The van der Waals surface area contributed by atoms with Gasteiger partial charge in [0.05, 0.1) is 17.7 Å². The number of hydrogen-bond donors (Lipinski definition) is 1. The molecule has 0 saturated carbocycles. The lowest BCUT2D eigenvalue weighted by atomic mass is 10.0. The molecular formula is C20H22N2O6S2. The zero-order chi connectivity index (χ0) is 22.1. The zero-order valence-corrected chi connectivity index (χ0v) is 18.4. The third-order valence-electron chi connectivity index (χ3n) is 4.43. The van der Waals surface area contributed by atoms with E-state index in [9.17, 15) is 22.8 Å². The van der Waals surface area contributed by atoms with Gasteiger partial charge in [-0.05, 0) is 42.3 Å². The van der Waals surface area contributed by atoms with Crippen molar-refractivity contribution in [3.63, 3.8) is 0 Å². The van der Waals surface area contributed by atoms with E-state index in [1.807, 2.05) is 13.8 Å². The van der Waals surface area contributed by atoms with Gasteiger partial charge in [0.25, 0.3) is 15.9 Å². The number of nitrogens with one attached hydrogen (secondary N) is 1. The number of fused-ring (bicyclic) bond motifs is 1. The SMILES string of the molecule is CCOC(=O)c1c(CC(C)C)csc1NC(=O)CN1C(=O)c2ccccc2S1(=O)=O. The van der Waals surface area contributed by atoms with Gasteiger partial charge in [-0.2, -0.15) is 0 Å². The number of thiophene rings is 1. The van der Waals surface area contributed by atoms with Crippen LogP contribution in [0.5, 0.6) is 0 Å². The average Bonchev–Trinajstić information content (AvgIpc) is 3.14. The fourth-order valence-electron chi connectivity index (χ4n) is 3.19. The molecule has 8 nitrogen and oxygen atoms in total. The van der Waals surface area contributed by atoms with Crippen molar-refractivity contribution >= 4 is 44.1 Å². The van der Waals surface area contributed by atoms with Crippen molar-refractivity contribution in [1.29, 1.82) is 0 Å². The summed E-state index contributed by atoms with van der Waals surface area (Å²) in [5, 5.41) is 4.62. The summed E-state index contributed by atoms with van der Waals surface area (Å²) < 4.78 is 30.9. The summed E-state index contributed by atoms with van der Waals surface area (Å²) in [6.07, 6.45) is 0.620. The quantitative estimate of drug-likeness (QED) is 0.650. The Hall–Kier alpha value is -2.72. The van der Waals surface area contributed by atoms with Crippen LogP contribution in [-0.2, 0) is 26.0 Å². The number of amides is 2. The fourth-order valence-corrected chi connectivity index (χ4v) is 5.69. The van der Waals surface area contributed by atoms with Crippen LogP contribution in [0.2, 0.25) is 0 Å². The number of hydrogen-bond acceptors (Lipinski definition) is 7. The maximum absolute atomic E-state index is 12.6. The Bertz CT molecular complexity index is 1100. The maximum atomic E-state index is 12.6. The van der Waals surface area contributed by atoms with Gasteiger partial charge in [-0.1, -0.05) is 26.0 Å². The van der Waals surface area contributed by atoms with Crippen LogP contribution in [0.25, 0.3) is 0 Å². The van der Waals surface area contributed by atoms with E-state index < -0.39 is 34.4 Å². The molecule has 0 fully saturated rings. The highest BCUT2D eigenvalue weighted by Gasteiger charge is 2.42. The third-order valence-corrected chi connectivity index (χ3v) is 7.16. The molecule has 0 unspecified atom stereocenters. The van der Waals surface area contributed by atoms with Crippen LogP contribution in [-0.4, -0.2) is 43.7 Å². The first-order valence-electron chi connectivity index (χ1n) is 9.40. The topological polar surface area (TPSA) is 110 Å². The molecule has 1 aliphatic rings. The molecule has 1 aromatic carbocycles. The van der Waals surface area contributed by atoms with Crippen molar-refractivity contribution < 1.29 is 27.5 Å². The number of sulfonamides is 1. The van der Waals surface area contributed by atoms with Crippen molar-refractivity contribution in [3.05, 3.63) is 46.3 Å². The van der Waals surface area contributed by atoms with Crippen LogP contribution in [0.1, 0.15) is 47.1 Å². The van der Waals surface area contributed by atoms with Gasteiger partial charge in [-0.3, -0.25) is 9.59 Å². The van der Waals surface area contributed by atoms with Gasteiger partial charge in [0, 0.05) is 0 Å². The number of carbonyl (C=O) groups excluding carboxylic acids is 3. The number of nitrogens with zero attached hydrogens (tertiary/aromatic N) is 1. The molecule has 30 heavy (non-hydrogen) atoms. The van der Waals surface area contributed by atoms with Crippen molar-refractivity contribution in [1.82, 2.24) is 4.31 Å². The van der Waals surface area contributed by atoms with E-state index >= 15 is 0 Å². The predicted molar refractivity (Wildman–Crippen MR) is 112 cm³/mol. The summed E-state index contributed by atoms with van der Waals surface area (Å²) >= 11 is 1.16. The fraction of sp³-hybridized carbons (Fsp3) is 0.350. The summed E-state index contributed by atoms with van der Waals surface area (Å²) in [7, 11) is -4.09. The second-order valence-electron chi connectivity index (χ2n) is 7.14. The lowest BCUT2D eigenvalue weighted by Gasteiger charge is -2.15. The van der Waals surface area contributed by atoms with Crippen molar-refractivity contribution in [3.8, 4) is 0 Å². The highest BCUT2D eigenvalue weighted by Crippen LogP contribution is 2.32. The second-order valence-corrected chi connectivity index (χ2v) is 9.86. The summed E-state index contributed by atoms with van der Waals surface area (Å²) in [6.45, 7) is 5.20. The maximum Gasteiger partial charge on any atom is 0.341 e. The van der Waals surface area contributed by atoms with Gasteiger partial charge in [-0.25, -0.2) is 17.5 Å². The molecule has 0 saturated heterocycles. The van der Waals surface area contributed by atoms with Gasteiger partial charge >= 0.3 is 5.97 Å². The second kappa shape index (κ2) is 8.57. The summed E-state index contributed by atoms with van der Waals surface area (Å²) in [5.41, 5.74) is 1.05. The van der Waals surface area contributed by atoms with Gasteiger partial charge in [0.15, 0.2) is 0 Å². The molecule has 2 aromatic rings. The molecule has 10 heteroatoms. The lowest BCUT2D eigenvalue weighted by molar-refractivity contribution is -0.116. The minimum atomic E-state index is -4.09. The van der Waals surface area contributed by atoms with Gasteiger partial charge in [-0.15, -0.1) is 11.3 Å². The summed E-state index contributed by atoms with van der Waals surface area (Å²) in [6, 6.07) is 5.81. The van der Waals surface area contributed by atoms with Crippen LogP contribution in [0.15, 0.2) is 34.5 Å². The molecule has 160 valence electrons. The lowest BCUT2D eigenvalue weighted by Crippen LogP contribution is -2.37. The summed E-state index contributed by atoms with van der Waals surface area (Å²) in [5.74, 6) is -1.74. The Morgan fingerprint density at radius 1 is 1.23 bits per heavy atom. The third kappa shape index (κ3) is 4.10. The minimum absolute atomic E-state index is 0.0351. The van der Waals surface area contributed by atoms with Crippen LogP contribution in [0.4, 0.5) is 5.00 Å². The van der Waals surface area contributed by atoms with E-state index in [4.69, 9.17) is 4.74 Å². The molecule has 0 atom stereocenters. The van der Waals surface area contributed by atoms with E-state index in [0.717, 1.165) is 16.9 Å². The highest BCUT2D eigenvalue weighted by atomic mass is 32.2. The molecule has 0 bridgehead atoms. The minimum Gasteiger partial charge on any atom is -0.462 e. The Morgan fingerprint density at radius 2 is 1.93 bits per heavy atom. The Morgan fingerprint density at radius 3 is 2.57 bits per heavy atom.